The number of carbonyl (C=O) groups is 1. The predicted octanol–water partition coefficient (Wildman–Crippen LogP) is 1.81. The molecule has 0 unspecified atom stereocenters. The van der Waals surface area contributed by atoms with Gasteiger partial charge in [0.15, 0.2) is 5.69 Å². The van der Waals surface area contributed by atoms with Gasteiger partial charge in [-0.25, -0.2) is 9.48 Å². The second-order valence-electron chi connectivity index (χ2n) is 4.98. The summed E-state index contributed by atoms with van der Waals surface area (Å²) in [6, 6.07) is 6.21. The fraction of sp³-hybridized carbons (Fsp3) is 0.286. The van der Waals surface area contributed by atoms with Crippen LogP contribution >= 0.6 is 0 Å². The van der Waals surface area contributed by atoms with Crippen LogP contribution in [0, 0.1) is 11.3 Å². The third-order valence-electron chi connectivity index (χ3n) is 3.76. The van der Waals surface area contributed by atoms with Gasteiger partial charge in [0, 0.05) is 5.92 Å². The Labute approximate surface area is 120 Å². The lowest BCUT2D eigenvalue weighted by Gasteiger charge is -2.25. The molecule has 2 aromatic rings. The van der Waals surface area contributed by atoms with Crippen molar-refractivity contribution in [2.75, 3.05) is 0 Å². The van der Waals surface area contributed by atoms with Crippen LogP contribution in [0.5, 0.6) is 5.75 Å². The average molecular weight is 284 g/mol. The molecule has 7 heteroatoms. The van der Waals surface area contributed by atoms with Crippen molar-refractivity contribution in [3.05, 3.63) is 35.2 Å². The number of aromatic nitrogens is 3. The van der Waals surface area contributed by atoms with Gasteiger partial charge < -0.3 is 10.2 Å². The average Bonchev–Trinajstić information content (AvgIpc) is 2.81. The Morgan fingerprint density at radius 1 is 1.43 bits per heavy atom. The van der Waals surface area contributed by atoms with E-state index >= 15 is 0 Å². The van der Waals surface area contributed by atoms with Gasteiger partial charge in [0.1, 0.15) is 17.4 Å². The molecule has 21 heavy (non-hydrogen) atoms. The molecule has 0 spiro atoms. The Morgan fingerprint density at radius 3 is 2.76 bits per heavy atom. The molecule has 0 aliphatic heterocycles. The summed E-state index contributed by atoms with van der Waals surface area (Å²) in [7, 11) is 0. The number of phenols is 1. The number of carboxylic acid groups (broad SMARTS) is 1. The molecule has 0 bridgehead atoms. The maximum atomic E-state index is 11.1. The molecule has 1 aliphatic carbocycles. The van der Waals surface area contributed by atoms with Crippen molar-refractivity contribution in [3.63, 3.8) is 0 Å². The van der Waals surface area contributed by atoms with E-state index in [1.165, 1.54) is 16.8 Å². The SMILES string of the molecule is N#Cc1nnn(-c2ccc(O)c(C(=O)O)c2)c1C1CCC1. The fourth-order valence-corrected chi connectivity index (χ4v) is 2.43. The maximum absolute atomic E-state index is 11.1. The van der Waals surface area contributed by atoms with E-state index in [1.54, 1.807) is 6.07 Å². The van der Waals surface area contributed by atoms with Crippen LogP contribution in [0.3, 0.4) is 0 Å². The number of aromatic carboxylic acids is 1. The van der Waals surface area contributed by atoms with E-state index in [9.17, 15) is 9.90 Å². The molecule has 0 radical (unpaired) electrons. The second kappa shape index (κ2) is 4.90. The highest BCUT2D eigenvalue weighted by atomic mass is 16.4. The molecule has 0 amide bonds. The first kappa shape index (κ1) is 13.1. The van der Waals surface area contributed by atoms with Gasteiger partial charge in [0.2, 0.25) is 0 Å². The number of carboxylic acids is 1. The van der Waals surface area contributed by atoms with Gasteiger partial charge in [0.25, 0.3) is 0 Å². The molecule has 3 rings (SSSR count). The Hall–Kier alpha value is -2.88. The number of nitriles is 1. The normalized spacial score (nSPS) is 14.4. The Bertz CT molecular complexity index is 756. The molecule has 1 aromatic heterocycles. The topological polar surface area (TPSA) is 112 Å². The van der Waals surface area contributed by atoms with Crippen LogP contribution in [0.4, 0.5) is 0 Å². The molecule has 1 heterocycles. The van der Waals surface area contributed by atoms with Crippen LogP contribution in [0.15, 0.2) is 18.2 Å². The second-order valence-corrected chi connectivity index (χ2v) is 4.98. The van der Waals surface area contributed by atoms with E-state index < -0.39 is 5.97 Å². The summed E-state index contributed by atoms with van der Waals surface area (Å²) in [6.45, 7) is 0. The predicted molar refractivity (Wildman–Crippen MR) is 71.3 cm³/mol. The highest BCUT2D eigenvalue weighted by Crippen LogP contribution is 2.38. The van der Waals surface area contributed by atoms with E-state index in [2.05, 4.69) is 10.3 Å². The van der Waals surface area contributed by atoms with E-state index in [0.717, 1.165) is 19.3 Å². The van der Waals surface area contributed by atoms with Crippen molar-refractivity contribution >= 4 is 5.97 Å². The first-order chi connectivity index (χ1) is 10.1. The smallest absolute Gasteiger partial charge is 0.339 e. The van der Waals surface area contributed by atoms with E-state index in [4.69, 9.17) is 10.4 Å². The zero-order chi connectivity index (χ0) is 15.0. The zero-order valence-corrected chi connectivity index (χ0v) is 11.0. The quantitative estimate of drug-likeness (QED) is 0.888. The van der Waals surface area contributed by atoms with Crippen LogP contribution in [0.1, 0.15) is 46.9 Å². The van der Waals surface area contributed by atoms with Crippen LogP contribution in [0.2, 0.25) is 0 Å². The van der Waals surface area contributed by atoms with E-state index in [1.807, 2.05) is 6.07 Å². The number of hydrogen-bond acceptors (Lipinski definition) is 5. The number of benzene rings is 1. The van der Waals surface area contributed by atoms with Crippen LogP contribution in [-0.2, 0) is 0 Å². The fourth-order valence-electron chi connectivity index (χ4n) is 2.43. The summed E-state index contributed by atoms with van der Waals surface area (Å²) in [6.07, 6.45) is 3.02. The Morgan fingerprint density at radius 2 is 2.19 bits per heavy atom. The van der Waals surface area contributed by atoms with Gasteiger partial charge in [-0.15, -0.1) is 5.10 Å². The van der Waals surface area contributed by atoms with Gasteiger partial charge in [-0.1, -0.05) is 11.6 Å². The third kappa shape index (κ3) is 2.10. The van der Waals surface area contributed by atoms with Gasteiger partial charge in [0.05, 0.1) is 11.4 Å². The number of hydrogen-bond donors (Lipinski definition) is 2. The lowest BCUT2D eigenvalue weighted by molar-refractivity contribution is 0.0693. The van der Waals surface area contributed by atoms with Crippen molar-refractivity contribution in [2.45, 2.75) is 25.2 Å². The molecule has 7 nitrogen and oxygen atoms in total. The minimum atomic E-state index is -1.22. The van der Waals surface area contributed by atoms with E-state index in [0.29, 0.717) is 11.4 Å². The number of rotatable bonds is 3. The van der Waals surface area contributed by atoms with Crippen molar-refractivity contribution in [1.82, 2.24) is 15.0 Å². The standard InChI is InChI=1S/C14H12N4O3/c15-7-11-13(8-2-1-3-8)18(17-16-11)9-4-5-12(19)10(6-9)14(20)21/h4-6,8,19H,1-3H2,(H,20,21). The monoisotopic (exact) mass is 284 g/mol. The largest absolute Gasteiger partial charge is 0.507 e. The summed E-state index contributed by atoms with van der Waals surface area (Å²) in [4.78, 5) is 11.1. The molecule has 1 saturated carbocycles. The summed E-state index contributed by atoms with van der Waals surface area (Å²) >= 11 is 0. The summed E-state index contributed by atoms with van der Waals surface area (Å²) in [5, 5.41) is 35.6. The van der Waals surface area contributed by atoms with Crippen molar-refractivity contribution in [1.29, 1.82) is 5.26 Å². The first-order valence-corrected chi connectivity index (χ1v) is 6.54. The maximum Gasteiger partial charge on any atom is 0.339 e. The lowest BCUT2D eigenvalue weighted by Crippen LogP contribution is -2.15. The first-order valence-electron chi connectivity index (χ1n) is 6.54. The highest BCUT2D eigenvalue weighted by Gasteiger charge is 2.28. The number of aromatic hydroxyl groups is 1. The molecule has 1 aliphatic rings. The summed E-state index contributed by atoms with van der Waals surface area (Å²) < 4.78 is 1.49. The molecule has 0 atom stereocenters. The van der Waals surface area contributed by atoms with Crippen LogP contribution in [0.25, 0.3) is 5.69 Å². The van der Waals surface area contributed by atoms with Gasteiger partial charge in [-0.3, -0.25) is 0 Å². The third-order valence-corrected chi connectivity index (χ3v) is 3.76. The minimum Gasteiger partial charge on any atom is -0.507 e. The molecule has 0 saturated heterocycles. The highest BCUT2D eigenvalue weighted by molar-refractivity contribution is 5.91. The minimum absolute atomic E-state index is 0.207. The van der Waals surface area contributed by atoms with Crippen molar-refractivity contribution < 1.29 is 15.0 Å². The Kier molecular flexibility index (Phi) is 3.06. The van der Waals surface area contributed by atoms with Crippen LogP contribution < -0.4 is 0 Å². The molecular weight excluding hydrogens is 272 g/mol. The molecule has 2 N–H and O–H groups in total. The molecule has 1 fully saturated rings. The Balaban J connectivity index is 2.13. The van der Waals surface area contributed by atoms with Crippen molar-refractivity contribution in [2.24, 2.45) is 0 Å². The van der Waals surface area contributed by atoms with Crippen LogP contribution in [-0.4, -0.2) is 31.2 Å². The van der Waals surface area contributed by atoms with Crippen molar-refractivity contribution in [3.8, 4) is 17.5 Å². The summed E-state index contributed by atoms with van der Waals surface area (Å²) in [5.74, 6) is -1.31. The van der Waals surface area contributed by atoms with Gasteiger partial charge >= 0.3 is 5.97 Å². The molecule has 106 valence electrons. The lowest BCUT2D eigenvalue weighted by atomic mass is 9.82. The van der Waals surface area contributed by atoms with Gasteiger partial charge in [-0.2, -0.15) is 5.26 Å². The number of nitrogens with zero attached hydrogens (tertiary/aromatic N) is 4. The molecular formula is C14H12N4O3. The van der Waals surface area contributed by atoms with Gasteiger partial charge in [-0.05, 0) is 31.0 Å². The molecule has 1 aromatic carbocycles. The summed E-state index contributed by atoms with van der Waals surface area (Å²) in [5.41, 5.74) is 1.25. The zero-order valence-electron chi connectivity index (χ0n) is 11.0. The van der Waals surface area contributed by atoms with E-state index in [-0.39, 0.29) is 22.9 Å².